The normalized spacial score (nSPS) is 21.6. The first-order valence-electron chi connectivity index (χ1n) is 14.6. The number of carbonyl (C=O) groups is 2. The number of nitrogens with zero attached hydrogens (tertiary/aromatic N) is 2. The fraction of sp³-hybridized carbons (Fsp3) is 0.455. The molecule has 224 valence electrons. The molecule has 9 nitrogen and oxygen atoms in total. The minimum Gasteiger partial charge on any atom is -0.507 e. The highest BCUT2D eigenvalue weighted by molar-refractivity contribution is 6.22. The number of benzene rings is 2. The van der Waals surface area contributed by atoms with Crippen LogP contribution in [0.1, 0.15) is 69.1 Å². The standard InChI is InChI=1S/C33H40N2O7/c1-5-8-21(15-22-13-19(3)31(38)20(4)14-22)11-12-28(37)29-23(6-2)16-26-30(27(29)18-36)33(40)34(32(26)39)24-9-7-10-25(17-24)35(41)42/h7,9-10,13-15,17,26-28,30,36-38H,5-6,8,11-12,16,18H2,1-4H3/b21-15+/t26-,27+,28-,30-/m1/s1. The summed E-state index contributed by atoms with van der Waals surface area (Å²) in [7, 11) is 0. The van der Waals surface area contributed by atoms with E-state index in [0.29, 0.717) is 31.3 Å². The van der Waals surface area contributed by atoms with E-state index in [1.807, 2.05) is 32.9 Å². The summed E-state index contributed by atoms with van der Waals surface area (Å²) in [5, 5.41) is 43.5. The maximum Gasteiger partial charge on any atom is 0.271 e. The van der Waals surface area contributed by atoms with Gasteiger partial charge in [-0.05, 0) is 86.4 Å². The highest BCUT2D eigenvalue weighted by atomic mass is 16.6. The number of aromatic hydroxyl groups is 1. The van der Waals surface area contributed by atoms with Gasteiger partial charge in [0.1, 0.15) is 5.75 Å². The highest BCUT2D eigenvalue weighted by Gasteiger charge is 2.55. The van der Waals surface area contributed by atoms with Crippen molar-refractivity contribution in [1.82, 2.24) is 0 Å². The topological polar surface area (TPSA) is 141 Å². The minimum atomic E-state index is -0.906. The zero-order valence-corrected chi connectivity index (χ0v) is 24.7. The van der Waals surface area contributed by atoms with Crippen molar-refractivity contribution in [3.8, 4) is 5.75 Å². The quantitative estimate of drug-likeness (QED) is 0.134. The number of nitro groups is 1. The number of aryl methyl sites for hydroxylation is 2. The van der Waals surface area contributed by atoms with Crippen LogP contribution >= 0.6 is 0 Å². The van der Waals surface area contributed by atoms with Crippen LogP contribution in [0.15, 0.2) is 53.1 Å². The monoisotopic (exact) mass is 576 g/mol. The predicted octanol–water partition coefficient (Wildman–Crippen LogP) is 5.77. The lowest BCUT2D eigenvalue weighted by Gasteiger charge is -2.36. The van der Waals surface area contributed by atoms with Gasteiger partial charge in [0.15, 0.2) is 0 Å². The Balaban J connectivity index is 1.60. The van der Waals surface area contributed by atoms with E-state index in [1.165, 1.54) is 24.3 Å². The molecule has 42 heavy (non-hydrogen) atoms. The van der Waals surface area contributed by atoms with E-state index in [9.17, 15) is 35.0 Å². The van der Waals surface area contributed by atoms with Crippen LogP contribution < -0.4 is 4.90 Å². The fourth-order valence-corrected chi connectivity index (χ4v) is 6.67. The summed E-state index contributed by atoms with van der Waals surface area (Å²) in [6.45, 7) is 7.36. The molecule has 0 unspecified atom stereocenters. The number of imide groups is 1. The number of allylic oxidation sites excluding steroid dienone is 2. The third-order valence-corrected chi connectivity index (χ3v) is 8.66. The highest BCUT2D eigenvalue weighted by Crippen LogP contribution is 2.48. The van der Waals surface area contributed by atoms with E-state index in [2.05, 4.69) is 13.0 Å². The third-order valence-electron chi connectivity index (χ3n) is 8.66. The lowest BCUT2D eigenvalue weighted by Crippen LogP contribution is -2.39. The van der Waals surface area contributed by atoms with E-state index in [0.717, 1.165) is 45.6 Å². The Morgan fingerprint density at radius 2 is 1.81 bits per heavy atom. The molecule has 9 heteroatoms. The lowest BCUT2D eigenvalue weighted by molar-refractivity contribution is -0.384. The Bertz CT molecular complexity index is 1420. The SMILES string of the molecule is CCC/C(=C\c1cc(C)c(O)c(C)c1)CC[C@@H](O)C1=C(CC)C[C@H]2C(=O)N(c3cccc([N+](=O)[O-])c3)C(=O)[C@H]2[C@H]1CO. The number of anilines is 1. The molecule has 0 aromatic heterocycles. The molecule has 0 radical (unpaired) electrons. The van der Waals surface area contributed by atoms with Gasteiger partial charge in [-0.25, -0.2) is 4.90 Å². The largest absolute Gasteiger partial charge is 0.507 e. The second-order valence-electron chi connectivity index (χ2n) is 11.4. The number of fused-ring (bicyclic) bond motifs is 1. The van der Waals surface area contributed by atoms with Crippen molar-refractivity contribution in [2.45, 2.75) is 72.3 Å². The molecule has 2 amide bonds. The number of phenolic OH excluding ortho intramolecular Hbond substituents is 1. The smallest absolute Gasteiger partial charge is 0.271 e. The Labute approximate surface area is 246 Å². The first-order valence-corrected chi connectivity index (χ1v) is 14.6. The van der Waals surface area contributed by atoms with Gasteiger partial charge in [0.05, 0.1) is 35.2 Å². The summed E-state index contributed by atoms with van der Waals surface area (Å²) in [6, 6.07) is 9.32. The van der Waals surface area contributed by atoms with Crippen LogP contribution in [0.2, 0.25) is 0 Å². The molecule has 1 fully saturated rings. The summed E-state index contributed by atoms with van der Waals surface area (Å²) in [5.41, 5.74) is 5.15. The van der Waals surface area contributed by atoms with Crippen molar-refractivity contribution in [1.29, 1.82) is 0 Å². The van der Waals surface area contributed by atoms with Crippen LogP contribution in [0.3, 0.4) is 0 Å². The number of hydrogen-bond donors (Lipinski definition) is 3. The van der Waals surface area contributed by atoms with Crippen molar-refractivity contribution in [2.24, 2.45) is 17.8 Å². The molecular weight excluding hydrogens is 536 g/mol. The zero-order chi connectivity index (χ0) is 30.7. The number of aliphatic hydroxyl groups is 2. The first kappa shape index (κ1) is 31.1. The second-order valence-corrected chi connectivity index (χ2v) is 11.4. The minimum absolute atomic E-state index is 0.138. The van der Waals surface area contributed by atoms with Crippen LogP contribution in [-0.4, -0.2) is 44.8 Å². The Kier molecular flexibility index (Phi) is 9.64. The van der Waals surface area contributed by atoms with Crippen molar-refractivity contribution in [3.63, 3.8) is 0 Å². The summed E-state index contributed by atoms with van der Waals surface area (Å²) in [5.74, 6) is -2.93. The molecule has 1 saturated heterocycles. The van der Waals surface area contributed by atoms with E-state index in [-0.39, 0.29) is 17.1 Å². The number of rotatable bonds is 11. The number of non-ortho nitro benzene ring substituents is 1. The van der Waals surface area contributed by atoms with Gasteiger partial charge >= 0.3 is 0 Å². The molecule has 1 heterocycles. The summed E-state index contributed by atoms with van der Waals surface area (Å²) in [6.07, 6.45) is 4.81. The van der Waals surface area contributed by atoms with Gasteiger partial charge in [-0.2, -0.15) is 0 Å². The molecule has 2 aromatic rings. The maximum absolute atomic E-state index is 13.7. The number of hydrogen-bond acceptors (Lipinski definition) is 7. The summed E-state index contributed by atoms with van der Waals surface area (Å²) in [4.78, 5) is 38.9. The van der Waals surface area contributed by atoms with E-state index in [4.69, 9.17) is 0 Å². The van der Waals surface area contributed by atoms with Gasteiger partial charge in [0, 0.05) is 18.1 Å². The Morgan fingerprint density at radius 3 is 2.40 bits per heavy atom. The second kappa shape index (κ2) is 13.0. The van der Waals surface area contributed by atoms with Crippen LogP contribution in [0, 0.1) is 41.7 Å². The molecule has 2 aromatic carbocycles. The molecule has 1 aliphatic heterocycles. The average Bonchev–Trinajstić information content (AvgIpc) is 3.22. The Hall–Kier alpha value is -3.82. The van der Waals surface area contributed by atoms with Gasteiger partial charge < -0.3 is 15.3 Å². The van der Waals surface area contributed by atoms with Crippen molar-refractivity contribution < 1.29 is 29.8 Å². The van der Waals surface area contributed by atoms with Gasteiger partial charge in [0.25, 0.3) is 5.69 Å². The average molecular weight is 577 g/mol. The summed E-state index contributed by atoms with van der Waals surface area (Å²) >= 11 is 0. The van der Waals surface area contributed by atoms with Crippen molar-refractivity contribution in [2.75, 3.05) is 11.5 Å². The third kappa shape index (κ3) is 6.03. The number of phenols is 1. The van der Waals surface area contributed by atoms with E-state index >= 15 is 0 Å². The molecular formula is C33H40N2O7. The molecule has 1 aliphatic carbocycles. The maximum atomic E-state index is 13.7. The summed E-state index contributed by atoms with van der Waals surface area (Å²) < 4.78 is 0. The number of nitro benzene ring substituents is 1. The van der Waals surface area contributed by atoms with Gasteiger partial charge in [0.2, 0.25) is 11.8 Å². The van der Waals surface area contributed by atoms with Crippen LogP contribution in [-0.2, 0) is 9.59 Å². The van der Waals surface area contributed by atoms with Crippen LogP contribution in [0.4, 0.5) is 11.4 Å². The van der Waals surface area contributed by atoms with Crippen molar-refractivity contribution >= 4 is 29.3 Å². The molecule has 4 atom stereocenters. The van der Waals surface area contributed by atoms with Crippen LogP contribution in [0.25, 0.3) is 6.08 Å². The first-order chi connectivity index (χ1) is 20.0. The number of carbonyl (C=O) groups excluding carboxylic acids is 2. The fourth-order valence-electron chi connectivity index (χ4n) is 6.67. The molecule has 2 aliphatic rings. The molecule has 4 rings (SSSR count). The molecule has 3 N–H and O–H groups in total. The van der Waals surface area contributed by atoms with Crippen molar-refractivity contribution in [3.05, 3.63) is 79.9 Å². The van der Waals surface area contributed by atoms with Gasteiger partial charge in [-0.15, -0.1) is 0 Å². The van der Waals surface area contributed by atoms with E-state index < -0.39 is 47.2 Å². The predicted molar refractivity (Wildman–Crippen MR) is 161 cm³/mol. The number of aliphatic hydroxyl groups excluding tert-OH is 2. The van der Waals surface area contributed by atoms with Gasteiger partial charge in [-0.1, -0.05) is 43.6 Å². The molecule has 0 bridgehead atoms. The molecule has 0 saturated carbocycles. The lowest BCUT2D eigenvalue weighted by atomic mass is 9.67. The number of amides is 2. The van der Waals surface area contributed by atoms with E-state index in [1.54, 1.807) is 0 Å². The van der Waals surface area contributed by atoms with Crippen LogP contribution in [0.5, 0.6) is 5.75 Å². The zero-order valence-electron chi connectivity index (χ0n) is 24.7. The molecule has 0 spiro atoms. The van der Waals surface area contributed by atoms with Gasteiger partial charge in [-0.3, -0.25) is 19.7 Å². The Morgan fingerprint density at radius 1 is 1.12 bits per heavy atom.